The number of aryl methyl sites for hydroxylation is 2. The van der Waals surface area contributed by atoms with Crippen LogP contribution >= 0.6 is 0 Å². The molecular formula is C27H36N2O5. The number of nitrogens with one attached hydrogen (secondary N) is 1. The molecular weight excluding hydrogens is 432 g/mol. The Balaban J connectivity index is 1.35. The summed E-state index contributed by atoms with van der Waals surface area (Å²) < 4.78 is 12.0. The van der Waals surface area contributed by atoms with Gasteiger partial charge >= 0.3 is 5.97 Å². The minimum atomic E-state index is -0.833. The quantitative estimate of drug-likeness (QED) is 0.477. The Morgan fingerprint density at radius 1 is 1.09 bits per heavy atom. The maximum absolute atomic E-state index is 12.3. The lowest BCUT2D eigenvalue weighted by Gasteiger charge is -2.24. The normalized spacial score (nSPS) is 16.7. The van der Waals surface area contributed by atoms with Crippen LogP contribution in [0.25, 0.3) is 0 Å². The van der Waals surface area contributed by atoms with E-state index in [1.807, 2.05) is 25.1 Å². The summed E-state index contributed by atoms with van der Waals surface area (Å²) >= 11 is 0. The van der Waals surface area contributed by atoms with Crippen LogP contribution in [0.1, 0.15) is 92.2 Å². The van der Waals surface area contributed by atoms with Crippen molar-refractivity contribution in [2.24, 2.45) is 5.92 Å². The Labute approximate surface area is 201 Å². The number of benzene rings is 1. The predicted molar refractivity (Wildman–Crippen MR) is 128 cm³/mol. The molecule has 2 N–H and O–H groups in total. The van der Waals surface area contributed by atoms with Crippen molar-refractivity contribution in [3.8, 4) is 5.75 Å². The van der Waals surface area contributed by atoms with Gasteiger partial charge in [0.15, 0.2) is 5.89 Å². The molecule has 184 valence electrons. The second-order valence-electron chi connectivity index (χ2n) is 9.66. The highest BCUT2D eigenvalue weighted by Gasteiger charge is 2.25. The van der Waals surface area contributed by atoms with E-state index in [0.717, 1.165) is 60.6 Å². The first-order valence-electron chi connectivity index (χ1n) is 12.7. The van der Waals surface area contributed by atoms with E-state index in [1.165, 1.54) is 19.3 Å². The number of carboxylic acids is 1. The monoisotopic (exact) mass is 468 g/mol. The van der Waals surface area contributed by atoms with Gasteiger partial charge in [-0.3, -0.25) is 9.59 Å². The lowest BCUT2D eigenvalue weighted by molar-refractivity contribution is -0.137. The molecule has 0 spiro atoms. The Morgan fingerprint density at radius 3 is 2.59 bits per heavy atom. The van der Waals surface area contributed by atoms with Crippen LogP contribution in [0, 0.1) is 12.8 Å². The number of aromatic nitrogens is 1. The van der Waals surface area contributed by atoms with Crippen LogP contribution in [0.2, 0.25) is 0 Å². The number of oxazole rings is 1. The average Bonchev–Trinajstić information content (AvgIpc) is 3.17. The van der Waals surface area contributed by atoms with Gasteiger partial charge in [0.05, 0.1) is 12.3 Å². The number of carbonyl (C=O) groups is 2. The van der Waals surface area contributed by atoms with E-state index in [4.69, 9.17) is 19.2 Å². The first-order chi connectivity index (χ1) is 16.5. The van der Waals surface area contributed by atoms with Crippen molar-refractivity contribution in [2.45, 2.75) is 90.0 Å². The van der Waals surface area contributed by atoms with E-state index in [9.17, 15) is 9.59 Å². The third kappa shape index (κ3) is 6.39. The van der Waals surface area contributed by atoms with Crippen LogP contribution in [0.4, 0.5) is 0 Å². The molecule has 0 aliphatic heterocycles. The third-order valence-electron chi connectivity index (χ3n) is 7.19. The fourth-order valence-corrected chi connectivity index (χ4v) is 4.81. The summed E-state index contributed by atoms with van der Waals surface area (Å²) in [6.07, 6.45) is 10.3. The first-order valence-corrected chi connectivity index (χ1v) is 12.7. The minimum Gasteiger partial charge on any atom is -0.493 e. The molecule has 1 aromatic heterocycles. The number of ether oxygens (including phenoxy) is 1. The topological polar surface area (TPSA) is 102 Å². The van der Waals surface area contributed by atoms with Gasteiger partial charge < -0.3 is 19.6 Å². The van der Waals surface area contributed by atoms with Crippen molar-refractivity contribution in [2.75, 3.05) is 6.61 Å². The van der Waals surface area contributed by atoms with Gasteiger partial charge in [-0.1, -0.05) is 31.7 Å². The number of hydrogen-bond donors (Lipinski definition) is 2. The highest BCUT2D eigenvalue weighted by Crippen LogP contribution is 2.33. The van der Waals surface area contributed by atoms with Crippen LogP contribution < -0.4 is 10.1 Å². The van der Waals surface area contributed by atoms with Crippen molar-refractivity contribution >= 4 is 11.9 Å². The summed E-state index contributed by atoms with van der Waals surface area (Å²) in [6.45, 7) is 2.82. The van der Waals surface area contributed by atoms with E-state index in [0.29, 0.717) is 37.7 Å². The maximum Gasteiger partial charge on any atom is 0.303 e. The lowest BCUT2D eigenvalue weighted by Crippen LogP contribution is -2.34. The Morgan fingerprint density at radius 2 is 1.88 bits per heavy atom. The van der Waals surface area contributed by atoms with Crippen LogP contribution in [0.5, 0.6) is 5.75 Å². The number of hydrogen-bond acceptors (Lipinski definition) is 5. The molecule has 0 radical (unpaired) electrons. The Hall–Kier alpha value is -2.83. The number of rotatable bonds is 11. The van der Waals surface area contributed by atoms with Crippen molar-refractivity contribution in [1.29, 1.82) is 0 Å². The summed E-state index contributed by atoms with van der Waals surface area (Å²) in [7, 11) is 0. The van der Waals surface area contributed by atoms with Gasteiger partial charge in [-0.15, -0.1) is 0 Å². The molecule has 34 heavy (non-hydrogen) atoms. The predicted octanol–water partition coefficient (Wildman–Crippen LogP) is 5.09. The molecule has 2 aromatic rings. The molecule has 7 nitrogen and oxygen atoms in total. The smallest absolute Gasteiger partial charge is 0.303 e. The zero-order valence-electron chi connectivity index (χ0n) is 20.1. The fourth-order valence-electron chi connectivity index (χ4n) is 4.81. The van der Waals surface area contributed by atoms with E-state index in [2.05, 4.69) is 5.32 Å². The largest absolute Gasteiger partial charge is 0.493 e. The molecule has 2 aliphatic carbocycles. The number of amides is 1. The average molecular weight is 469 g/mol. The van der Waals surface area contributed by atoms with Crippen LogP contribution in [0.3, 0.4) is 0 Å². The van der Waals surface area contributed by atoms with Gasteiger partial charge in [-0.25, -0.2) is 4.98 Å². The number of carbonyl (C=O) groups excluding carboxylic acids is 1. The molecule has 0 bridgehead atoms. The van der Waals surface area contributed by atoms with E-state index >= 15 is 0 Å². The van der Waals surface area contributed by atoms with Gasteiger partial charge in [-0.05, 0) is 62.3 Å². The van der Waals surface area contributed by atoms with Gasteiger partial charge in [0.2, 0.25) is 5.91 Å². The second-order valence-corrected chi connectivity index (χ2v) is 9.66. The SMILES string of the molecule is Cc1oc(C2CCCCC2)nc1CCOc1ccc(CCC(=O)O)c(CNC(=O)C2CCC2)c1. The highest BCUT2D eigenvalue weighted by molar-refractivity contribution is 5.79. The zero-order valence-corrected chi connectivity index (χ0v) is 20.1. The minimum absolute atomic E-state index is 0.0541. The second kappa shape index (κ2) is 11.5. The summed E-state index contributed by atoms with van der Waals surface area (Å²) in [5.41, 5.74) is 2.78. The lowest BCUT2D eigenvalue weighted by atomic mass is 9.85. The first kappa shape index (κ1) is 24.3. The summed E-state index contributed by atoms with van der Waals surface area (Å²) in [5.74, 6) is 2.26. The molecule has 0 unspecified atom stereocenters. The molecule has 2 saturated carbocycles. The Bertz CT molecular complexity index is 989. The summed E-state index contributed by atoms with van der Waals surface area (Å²) in [5, 5.41) is 12.1. The number of aliphatic carboxylic acids is 1. The van der Waals surface area contributed by atoms with Gasteiger partial charge in [0.1, 0.15) is 11.5 Å². The molecule has 0 atom stereocenters. The molecule has 1 aromatic carbocycles. The molecule has 2 fully saturated rings. The third-order valence-corrected chi connectivity index (χ3v) is 7.19. The molecule has 7 heteroatoms. The standard InChI is InChI=1S/C27H36N2O5/c1-18-24(29-27(34-18)21-6-3-2-4-7-21)14-15-33-23-12-10-19(11-13-25(30)31)22(16-23)17-28-26(32)20-8-5-9-20/h10,12,16,20-21H,2-9,11,13-15,17H2,1H3,(H,28,32)(H,30,31). The molecule has 0 saturated heterocycles. The van der Waals surface area contributed by atoms with Gasteiger partial charge in [0.25, 0.3) is 0 Å². The molecule has 1 amide bonds. The van der Waals surface area contributed by atoms with Crippen LogP contribution in [-0.4, -0.2) is 28.6 Å². The summed E-state index contributed by atoms with van der Waals surface area (Å²) in [6, 6.07) is 5.70. The van der Waals surface area contributed by atoms with E-state index in [1.54, 1.807) is 0 Å². The van der Waals surface area contributed by atoms with Gasteiger partial charge in [0, 0.05) is 31.2 Å². The highest BCUT2D eigenvalue weighted by atomic mass is 16.5. The van der Waals surface area contributed by atoms with Crippen molar-refractivity contribution in [3.05, 3.63) is 46.7 Å². The van der Waals surface area contributed by atoms with E-state index in [-0.39, 0.29) is 18.2 Å². The van der Waals surface area contributed by atoms with Crippen molar-refractivity contribution < 1.29 is 23.8 Å². The maximum atomic E-state index is 12.3. The number of nitrogens with zero attached hydrogens (tertiary/aromatic N) is 1. The van der Waals surface area contributed by atoms with Crippen LogP contribution in [-0.2, 0) is 29.0 Å². The molecule has 2 aliphatic rings. The van der Waals surface area contributed by atoms with E-state index < -0.39 is 5.97 Å². The Kier molecular flexibility index (Phi) is 8.25. The van der Waals surface area contributed by atoms with Crippen LogP contribution in [0.15, 0.2) is 22.6 Å². The summed E-state index contributed by atoms with van der Waals surface area (Å²) in [4.78, 5) is 28.1. The zero-order chi connectivity index (χ0) is 23.9. The molecule has 4 rings (SSSR count). The number of carboxylic acid groups (broad SMARTS) is 1. The molecule has 1 heterocycles. The fraction of sp³-hybridized carbons (Fsp3) is 0.593. The van der Waals surface area contributed by atoms with Crippen molar-refractivity contribution in [3.63, 3.8) is 0 Å². The van der Waals surface area contributed by atoms with Gasteiger partial charge in [-0.2, -0.15) is 0 Å². The van der Waals surface area contributed by atoms with Crippen molar-refractivity contribution in [1.82, 2.24) is 10.3 Å².